The van der Waals surface area contributed by atoms with Crippen molar-refractivity contribution < 1.29 is 13.2 Å². The van der Waals surface area contributed by atoms with E-state index >= 15 is 0 Å². The van der Waals surface area contributed by atoms with Crippen molar-refractivity contribution in [2.24, 2.45) is 0 Å². The Balaban J connectivity index is 2.80. The second-order valence-corrected chi connectivity index (χ2v) is 4.97. The van der Waals surface area contributed by atoms with Gasteiger partial charge in [0.2, 0.25) is 0 Å². The molecule has 0 radical (unpaired) electrons. The number of ether oxygens (including phenoxy) is 1. The molecule has 1 aliphatic heterocycles. The average molecular weight is 247 g/mol. The predicted octanol–water partition coefficient (Wildman–Crippen LogP) is -0.300. The third-order valence-electron chi connectivity index (χ3n) is 2.13. The molecule has 16 heavy (non-hydrogen) atoms. The highest BCUT2D eigenvalue weighted by Gasteiger charge is 2.27. The quantitative estimate of drug-likeness (QED) is 0.724. The van der Waals surface area contributed by atoms with E-state index in [1.54, 1.807) is 7.05 Å². The second kappa shape index (κ2) is 5.88. The van der Waals surface area contributed by atoms with Crippen molar-refractivity contribution in [3.05, 3.63) is 25.2 Å². The molecule has 0 aliphatic carbocycles. The smallest absolute Gasteiger partial charge is 0.307 e. The Morgan fingerprint density at radius 3 is 2.56 bits per heavy atom. The predicted molar refractivity (Wildman–Crippen MR) is 61.5 cm³/mol. The molecule has 1 aliphatic rings. The topological polar surface area (TPSA) is 61.9 Å². The molecule has 0 aromatic heterocycles. The highest BCUT2D eigenvalue weighted by molar-refractivity contribution is 7.86. The van der Waals surface area contributed by atoms with E-state index in [0.717, 1.165) is 4.31 Å². The van der Waals surface area contributed by atoms with Crippen LogP contribution in [0.25, 0.3) is 0 Å². The zero-order chi connectivity index (χ0) is 12.0. The minimum atomic E-state index is -3.50. The molecule has 0 amide bonds. The largest absolute Gasteiger partial charge is 0.393 e. The molecular weight excluding hydrogens is 230 g/mol. The van der Waals surface area contributed by atoms with E-state index in [1.807, 2.05) is 0 Å². The van der Waals surface area contributed by atoms with E-state index in [9.17, 15) is 8.42 Å². The van der Waals surface area contributed by atoms with E-state index in [1.165, 1.54) is 22.9 Å². The van der Waals surface area contributed by atoms with Crippen LogP contribution in [0.15, 0.2) is 25.2 Å². The molecule has 6 nitrogen and oxygen atoms in total. The van der Waals surface area contributed by atoms with Gasteiger partial charge in [-0.1, -0.05) is 6.58 Å². The van der Waals surface area contributed by atoms with Crippen molar-refractivity contribution in [2.75, 3.05) is 33.4 Å². The van der Waals surface area contributed by atoms with Crippen LogP contribution in [0.1, 0.15) is 0 Å². The lowest BCUT2D eigenvalue weighted by Gasteiger charge is -2.29. The summed E-state index contributed by atoms with van der Waals surface area (Å²) in [5.41, 5.74) is 0. The third-order valence-corrected chi connectivity index (χ3v) is 3.95. The molecule has 1 fully saturated rings. The molecular formula is C9H17N3O3S. The lowest BCUT2D eigenvalue weighted by atomic mass is 10.5. The van der Waals surface area contributed by atoms with Crippen molar-refractivity contribution in [1.82, 2.24) is 13.9 Å². The Labute approximate surface area is 96.4 Å². The number of morpholine rings is 1. The van der Waals surface area contributed by atoms with Crippen LogP contribution in [0, 0.1) is 0 Å². The molecule has 1 saturated heterocycles. The number of nitrogens with zero attached hydrogens (tertiary/aromatic N) is 2. The first-order chi connectivity index (χ1) is 7.62. The van der Waals surface area contributed by atoms with E-state index in [0.29, 0.717) is 26.3 Å². The normalized spacial score (nSPS) is 18.6. The number of hydrogen-bond acceptors (Lipinski definition) is 4. The van der Waals surface area contributed by atoms with Gasteiger partial charge in [-0.2, -0.15) is 12.7 Å². The van der Waals surface area contributed by atoms with Crippen LogP contribution < -0.4 is 5.32 Å². The number of hydrogen-bond donors (Lipinski definition) is 1. The van der Waals surface area contributed by atoms with Gasteiger partial charge in [-0.05, 0) is 0 Å². The van der Waals surface area contributed by atoms with Crippen LogP contribution in [0.2, 0.25) is 0 Å². The van der Waals surface area contributed by atoms with Gasteiger partial charge < -0.3 is 10.1 Å². The van der Waals surface area contributed by atoms with Gasteiger partial charge in [0.25, 0.3) is 0 Å². The zero-order valence-electron chi connectivity index (χ0n) is 9.30. The molecule has 0 saturated carbocycles. The molecule has 0 aromatic carbocycles. The van der Waals surface area contributed by atoms with Gasteiger partial charge in [0.15, 0.2) is 0 Å². The van der Waals surface area contributed by atoms with Gasteiger partial charge >= 0.3 is 10.2 Å². The molecule has 0 spiro atoms. The summed E-state index contributed by atoms with van der Waals surface area (Å²) in [4.78, 5) is 0. The van der Waals surface area contributed by atoms with Gasteiger partial charge in [0.1, 0.15) is 0 Å². The first kappa shape index (κ1) is 13.0. The molecule has 92 valence electrons. The molecule has 1 rings (SSSR count). The Bertz CT molecular complexity index is 347. The van der Waals surface area contributed by atoms with E-state index in [4.69, 9.17) is 4.74 Å². The first-order valence-corrected chi connectivity index (χ1v) is 6.35. The van der Waals surface area contributed by atoms with Crippen LogP contribution in [0.3, 0.4) is 0 Å². The summed E-state index contributed by atoms with van der Waals surface area (Å²) in [6.07, 6.45) is 4.20. The fourth-order valence-electron chi connectivity index (χ4n) is 1.29. The summed E-state index contributed by atoms with van der Waals surface area (Å²) < 4.78 is 31.7. The van der Waals surface area contributed by atoms with Crippen LogP contribution in [-0.4, -0.2) is 50.4 Å². The molecule has 1 heterocycles. The maximum absolute atomic E-state index is 12.1. The minimum Gasteiger partial charge on any atom is -0.393 e. The van der Waals surface area contributed by atoms with E-state index in [-0.39, 0.29) is 0 Å². The van der Waals surface area contributed by atoms with Crippen LogP contribution in [0.4, 0.5) is 0 Å². The SMILES string of the molecule is C=CN(/C=C\NC)S(=O)(=O)N1CCOCC1. The highest BCUT2D eigenvalue weighted by Crippen LogP contribution is 2.11. The van der Waals surface area contributed by atoms with Gasteiger partial charge in [0, 0.05) is 38.7 Å². The summed E-state index contributed by atoms with van der Waals surface area (Å²) in [6.45, 7) is 5.10. The lowest BCUT2D eigenvalue weighted by molar-refractivity contribution is 0.0715. The lowest BCUT2D eigenvalue weighted by Crippen LogP contribution is -2.45. The summed E-state index contributed by atoms with van der Waals surface area (Å²) >= 11 is 0. The standard InChI is InChI=1S/C9H17N3O3S/c1-3-11(5-4-10-2)16(13,14)12-6-8-15-9-7-12/h3-5,10H,1,6-9H2,2H3/b5-4-. The molecule has 0 atom stereocenters. The van der Waals surface area contributed by atoms with Gasteiger partial charge in [-0.3, -0.25) is 0 Å². The Kier molecular flexibility index (Phi) is 4.78. The maximum atomic E-state index is 12.1. The summed E-state index contributed by atoms with van der Waals surface area (Å²) in [5.74, 6) is 0. The van der Waals surface area contributed by atoms with Crippen LogP contribution >= 0.6 is 0 Å². The van der Waals surface area contributed by atoms with Gasteiger partial charge in [0.05, 0.1) is 13.2 Å². The summed E-state index contributed by atoms with van der Waals surface area (Å²) in [6, 6.07) is 0. The highest BCUT2D eigenvalue weighted by atomic mass is 32.2. The minimum absolute atomic E-state index is 0.375. The third kappa shape index (κ3) is 2.97. The molecule has 0 aromatic rings. The monoisotopic (exact) mass is 247 g/mol. The fraction of sp³-hybridized carbons (Fsp3) is 0.556. The number of nitrogens with one attached hydrogen (secondary N) is 1. The molecule has 0 unspecified atom stereocenters. The van der Waals surface area contributed by atoms with Crippen molar-refractivity contribution in [3.63, 3.8) is 0 Å². The number of rotatable bonds is 5. The molecule has 1 N–H and O–H groups in total. The fourth-order valence-corrected chi connectivity index (χ4v) is 2.57. The maximum Gasteiger partial charge on any atom is 0.307 e. The van der Waals surface area contributed by atoms with Gasteiger partial charge in [-0.15, -0.1) is 0 Å². The molecule has 0 bridgehead atoms. The Morgan fingerprint density at radius 1 is 1.44 bits per heavy atom. The summed E-state index contributed by atoms with van der Waals surface area (Å²) in [5, 5.41) is 2.73. The van der Waals surface area contributed by atoms with Gasteiger partial charge in [-0.25, -0.2) is 4.31 Å². The van der Waals surface area contributed by atoms with E-state index < -0.39 is 10.2 Å². The van der Waals surface area contributed by atoms with Crippen molar-refractivity contribution in [2.45, 2.75) is 0 Å². The Hall–Kier alpha value is -1.05. The Morgan fingerprint density at radius 2 is 2.06 bits per heavy atom. The van der Waals surface area contributed by atoms with Crippen molar-refractivity contribution in [3.8, 4) is 0 Å². The van der Waals surface area contributed by atoms with E-state index in [2.05, 4.69) is 11.9 Å². The first-order valence-electron chi connectivity index (χ1n) is 4.95. The molecule has 7 heteroatoms. The zero-order valence-corrected chi connectivity index (χ0v) is 10.1. The van der Waals surface area contributed by atoms with Crippen LogP contribution in [-0.2, 0) is 14.9 Å². The second-order valence-electron chi connectivity index (χ2n) is 3.14. The van der Waals surface area contributed by atoms with Crippen LogP contribution in [0.5, 0.6) is 0 Å². The van der Waals surface area contributed by atoms with Crippen molar-refractivity contribution >= 4 is 10.2 Å². The van der Waals surface area contributed by atoms with Crippen molar-refractivity contribution in [1.29, 1.82) is 0 Å². The average Bonchev–Trinajstić information content (AvgIpc) is 2.31. The summed E-state index contributed by atoms with van der Waals surface area (Å²) in [7, 11) is -1.81.